The second kappa shape index (κ2) is 4.94. The first kappa shape index (κ1) is 12.2. The smallest absolute Gasteiger partial charge is 0.203 e. The maximum atomic E-state index is 5.97. The number of rotatable bonds is 1. The van der Waals surface area contributed by atoms with Gasteiger partial charge in [0.2, 0.25) is 5.95 Å². The number of nitrogens with two attached hydrogens (primary N) is 1. The highest BCUT2D eigenvalue weighted by Crippen LogP contribution is 2.20. The minimum Gasteiger partial charge on any atom is -0.341 e. The zero-order valence-electron chi connectivity index (χ0n) is 9.60. The number of H-pyrrole nitrogens is 1. The fourth-order valence-corrected chi connectivity index (χ4v) is 2.29. The molecule has 1 aromatic heterocycles. The number of nitrogens with zero attached hydrogens (tertiary/aromatic N) is 2. The third kappa shape index (κ3) is 2.37. The molecule has 3 rings (SSSR count). The monoisotopic (exact) mass is 252 g/mol. The van der Waals surface area contributed by atoms with Crippen molar-refractivity contribution in [3.05, 3.63) is 24.3 Å². The van der Waals surface area contributed by atoms with Crippen molar-refractivity contribution in [3.8, 4) is 0 Å². The molecule has 0 radical (unpaired) electrons. The van der Waals surface area contributed by atoms with E-state index in [0.717, 1.165) is 42.9 Å². The Balaban J connectivity index is 0.00000108. The number of nitrogens with one attached hydrogen (secondary N) is 1. The van der Waals surface area contributed by atoms with Crippen LogP contribution < -0.4 is 10.6 Å². The molecule has 1 saturated heterocycles. The Morgan fingerprint density at radius 2 is 2.18 bits per heavy atom. The molecule has 0 bridgehead atoms. The van der Waals surface area contributed by atoms with Gasteiger partial charge >= 0.3 is 0 Å². The molecule has 3 N–H and O–H groups in total. The summed E-state index contributed by atoms with van der Waals surface area (Å²) in [6.07, 6.45) is 2.27. The van der Waals surface area contributed by atoms with E-state index in [-0.39, 0.29) is 18.4 Å². The zero-order valence-corrected chi connectivity index (χ0v) is 10.4. The molecule has 1 aliphatic rings. The predicted molar refractivity (Wildman–Crippen MR) is 72.8 cm³/mol. The van der Waals surface area contributed by atoms with E-state index in [1.165, 1.54) is 0 Å². The van der Waals surface area contributed by atoms with Gasteiger partial charge in [0.25, 0.3) is 0 Å². The molecule has 2 heterocycles. The van der Waals surface area contributed by atoms with Gasteiger partial charge in [0.05, 0.1) is 11.0 Å². The molecule has 0 spiro atoms. The number of para-hydroxylation sites is 2. The molecule has 1 fully saturated rings. The van der Waals surface area contributed by atoms with Crippen LogP contribution in [0.15, 0.2) is 24.3 Å². The number of halogens is 1. The molecule has 1 atom stereocenters. The van der Waals surface area contributed by atoms with E-state index in [0.29, 0.717) is 0 Å². The Kier molecular flexibility index (Phi) is 3.54. The Hall–Kier alpha value is -1.26. The van der Waals surface area contributed by atoms with Gasteiger partial charge < -0.3 is 15.6 Å². The van der Waals surface area contributed by atoms with Gasteiger partial charge in [-0.15, -0.1) is 12.4 Å². The number of hydrogen-bond acceptors (Lipinski definition) is 3. The maximum absolute atomic E-state index is 5.97. The number of aromatic amines is 1. The average Bonchev–Trinajstić information content (AvgIpc) is 2.72. The molecular formula is C12H17ClN4. The van der Waals surface area contributed by atoms with Gasteiger partial charge in [-0.25, -0.2) is 4.98 Å². The van der Waals surface area contributed by atoms with E-state index in [4.69, 9.17) is 5.73 Å². The van der Waals surface area contributed by atoms with E-state index in [1.807, 2.05) is 18.2 Å². The lowest BCUT2D eigenvalue weighted by molar-refractivity contribution is 0.501. The van der Waals surface area contributed by atoms with Crippen LogP contribution in [0.1, 0.15) is 12.8 Å². The molecular weight excluding hydrogens is 236 g/mol. The summed E-state index contributed by atoms with van der Waals surface area (Å²) < 4.78 is 0. The van der Waals surface area contributed by atoms with Crippen LogP contribution in [0.3, 0.4) is 0 Å². The quantitative estimate of drug-likeness (QED) is 0.815. The average molecular weight is 253 g/mol. The van der Waals surface area contributed by atoms with Crippen LogP contribution in [0.2, 0.25) is 0 Å². The summed E-state index contributed by atoms with van der Waals surface area (Å²) >= 11 is 0. The largest absolute Gasteiger partial charge is 0.341 e. The molecule has 0 aliphatic carbocycles. The van der Waals surface area contributed by atoms with Crippen molar-refractivity contribution in [1.82, 2.24) is 9.97 Å². The lowest BCUT2D eigenvalue weighted by Crippen LogP contribution is -2.43. The third-order valence-electron chi connectivity index (χ3n) is 3.13. The minimum atomic E-state index is 0. The maximum Gasteiger partial charge on any atom is 0.203 e. The predicted octanol–water partition coefficient (Wildman–Crippen LogP) is 1.91. The van der Waals surface area contributed by atoms with E-state index in [9.17, 15) is 0 Å². The van der Waals surface area contributed by atoms with Gasteiger partial charge in [0.15, 0.2) is 0 Å². The van der Waals surface area contributed by atoms with Crippen molar-refractivity contribution < 1.29 is 0 Å². The summed E-state index contributed by atoms with van der Waals surface area (Å²) in [5, 5.41) is 0. The number of piperidine rings is 1. The van der Waals surface area contributed by atoms with E-state index < -0.39 is 0 Å². The molecule has 2 aromatic rings. The van der Waals surface area contributed by atoms with Crippen LogP contribution in [-0.2, 0) is 0 Å². The summed E-state index contributed by atoms with van der Waals surface area (Å²) in [4.78, 5) is 10.2. The normalized spacial score (nSPS) is 20.3. The van der Waals surface area contributed by atoms with Crippen molar-refractivity contribution in [2.24, 2.45) is 5.73 Å². The van der Waals surface area contributed by atoms with Gasteiger partial charge in [-0.05, 0) is 25.0 Å². The number of imidazole rings is 1. The highest BCUT2D eigenvalue weighted by atomic mass is 35.5. The topological polar surface area (TPSA) is 57.9 Å². The lowest BCUT2D eigenvalue weighted by atomic mass is 10.1. The second-order valence-corrected chi connectivity index (χ2v) is 4.43. The Morgan fingerprint density at radius 1 is 1.35 bits per heavy atom. The highest BCUT2D eigenvalue weighted by Gasteiger charge is 2.19. The Bertz CT molecular complexity index is 463. The van der Waals surface area contributed by atoms with E-state index in [2.05, 4.69) is 20.9 Å². The van der Waals surface area contributed by atoms with Crippen molar-refractivity contribution >= 4 is 29.4 Å². The summed E-state index contributed by atoms with van der Waals surface area (Å²) in [5.74, 6) is 0.955. The number of anilines is 1. The van der Waals surface area contributed by atoms with Crippen LogP contribution in [-0.4, -0.2) is 29.1 Å². The fraction of sp³-hybridized carbons (Fsp3) is 0.417. The van der Waals surface area contributed by atoms with Gasteiger partial charge in [-0.1, -0.05) is 12.1 Å². The van der Waals surface area contributed by atoms with E-state index in [1.54, 1.807) is 0 Å². The number of benzene rings is 1. The minimum absolute atomic E-state index is 0. The van der Waals surface area contributed by atoms with Crippen molar-refractivity contribution in [2.45, 2.75) is 18.9 Å². The molecule has 4 nitrogen and oxygen atoms in total. The molecule has 92 valence electrons. The first-order chi connectivity index (χ1) is 7.83. The van der Waals surface area contributed by atoms with Crippen LogP contribution in [0.5, 0.6) is 0 Å². The summed E-state index contributed by atoms with van der Waals surface area (Å²) in [6.45, 7) is 1.95. The first-order valence-electron chi connectivity index (χ1n) is 5.78. The standard InChI is InChI=1S/C12H16N4.ClH/c13-9-4-3-7-16(8-9)12-14-10-5-1-2-6-11(10)15-12;/h1-2,5-6,9H,3-4,7-8,13H2,(H,14,15);1H. The van der Waals surface area contributed by atoms with Crippen molar-refractivity contribution in [3.63, 3.8) is 0 Å². The van der Waals surface area contributed by atoms with Gasteiger partial charge in [0.1, 0.15) is 0 Å². The first-order valence-corrected chi connectivity index (χ1v) is 5.78. The molecule has 0 saturated carbocycles. The molecule has 1 aliphatic heterocycles. The van der Waals surface area contributed by atoms with E-state index >= 15 is 0 Å². The molecule has 17 heavy (non-hydrogen) atoms. The number of fused-ring (bicyclic) bond motifs is 1. The van der Waals surface area contributed by atoms with Gasteiger partial charge in [0, 0.05) is 19.1 Å². The van der Waals surface area contributed by atoms with Crippen LogP contribution in [0.25, 0.3) is 11.0 Å². The summed E-state index contributed by atoms with van der Waals surface area (Å²) in [7, 11) is 0. The van der Waals surface area contributed by atoms with Gasteiger partial charge in [-0.2, -0.15) is 0 Å². The highest BCUT2D eigenvalue weighted by molar-refractivity contribution is 5.85. The van der Waals surface area contributed by atoms with Crippen molar-refractivity contribution in [1.29, 1.82) is 0 Å². The van der Waals surface area contributed by atoms with Gasteiger partial charge in [-0.3, -0.25) is 0 Å². The Labute approximate surface area is 107 Å². The van der Waals surface area contributed by atoms with Crippen LogP contribution in [0.4, 0.5) is 5.95 Å². The second-order valence-electron chi connectivity index (χ2n) is 4.43. The zero-order chi connectivity index (χ0) is 11.0. The molecule has 5 heteroatoms. The number of hydrogen-bond donors (Lipinski definition) is 2. The van der Waals surface area contributed by atoms with Crippen molar-refractivity contribution in [2.75, 3.05) is 18.0 Å². The van der Waals surface area contributed by atoms with Crippen LogP contribution >= 0.6 is 12.4 Å². The molecule has 1 aromatic carbocycles. The number of aromatic nitrogens is 2. The van der Waals surface area contributed by atoms with Crippen LogP contribution in [0, 0.1) is 0 Å². The third-order valence-corrected chi connectivity index (χ3v) is 3.13. The lowest BCUT2D eigenvalue weighted by Gasteiger charge is -2.30. The SMILES string of the molecule is Cl.NC1CCCN(c2nc3ccccc3[nH]2)C1. The molecule has 1 unspecified atom stereocenters. The molecule has 0 amide bonds. The fourth-order valence-electron chi connectivity index (χ4n) is 2.29. The summed E-state index contributed by atoms with van der Waals surface area (Å²) in [5.41, 5.74) is 8.09. The Morgan fingerprint density at radius 3 is 2.94 bits per heavy atom. The summed E-state index contributed by atoms with van der Waals surface area (Å²) in [6, 6.07) is 8.39.